The van der Waals surface area contributed by atoms with Gasteiger partial charge in [0.2, 0.25) is 0 Å². The third-order valence-electron chi connectivity index (χ3n) is 3.01. The van der Waals surface area contributed by atoms with Crippen molar-refractivity contribution in [2.24, 2.45) is 0 Å². The Kier molecular flexibility index (Phi) is 6.19. The van der Waals surface area contributed by atoms with Crippen molar-refractivity contribution in [3.8, 4) is 6.07 Å². The van der Waals surface area contributed by atoms with Crippen molar-refractivity contribution in [1.29, 1.82) is 5.26 Å². The number of anilines is 1. The van der Waals surface area contributed by atoms with E-state index < -0.39 is 18.5 Å². The quantitative estimate of drug-likeness (QED) is 0.819. The Morgan fingerprint density at radius 3 is 2.42 bits per heavy atom. The highest BCUT2D eigenvalue weighted by molar-refractivity contribution is 6.42. The fourth-order valence-electron chi connectivity index (χ4n) is 1.83. The van der Waals surface area contributed by atoms with Crippen LogP contribution in [0.5, 0.6) is 0 Å². The first-order chi connectivity index (χ1) is 11.5. The Labute approximate surface area is 148 Å². The first-order valence-electron chi connectivity index (χ1n) is 6.87. The molecule has 2 aromatic carbocycles. The highest BCUT2D eigenvalue weighted by Crippen LogP contribution is 2.22. The van der Waals surface area contributed by atoms with Gasteiger partial charge in [0, 0.05) is 5.69 Å². The molecular weight excluding hydrogens is 351 g/mol. The van der Waals surface area contributed by atoms with Gasteiger partial charge in [0.05, 0.1) is 28.1 Å². The maximum atomic E-state index is 11.8. The minimum Gasteiger partial charge on any atom is -0.452 e. The van der Waals surface area contributed by atoms with Crippen molar-refractivity contribution in [3.05, 3.63) is 63.6 Å². The Bertz CT molecular complexity index is 798. The smallest absolute Gasteiger partial charge is 0.338 e. The van der Waals surface area contributed by atoms with Gasteiger partial charge in [-0.25, -0.2) is 4.79 Å². The van der Waals surface area contributed by atoms with Crippen molar-refractivity contribution >= 4 is 40.8 Å². The number of esters is 1. The highest BCUT2D eigenvalue weighted by Gasteiger charge is 2.12. The van der Waals surface area contributed by atoms with Gasteiger partial charge in [-0.3, -0.25) is 4.79 Å². The summed E-state index contributed by atoms with van der Waals surface area (Å²) in [6, 6.07) is 13.2. The molecule has 0 aliphatic rings. The van der Waals surface area contributed by atoms with Gasteiger partial charge in [-0.1, -0.05) is 35.3 Å². The second-order valence-corrected chi connectivity index (χ2v) is 5.60. The van der Waals surface area contributed by atoms with Crippen LogP contribution in [0.2, 0.25) is 10.0 Å². The monoisotopic (exact) mass is 362 g/mol. The van der Waals surface area contributed by atoms with E-state index in [1.54, 1.807) is 24.3 Å². The van der Waals surface area contributed by atoms with Crippen molar-refractivity contribution in [2.75, 3.05) is 11.9 Å². The van der Waals surface area contributed by atoms with Crippen LogP contribution in [0.3, 0.4) is 0 Å². The number of amides is 1. The number of benzene rings is 2. The molecule has 0 aliphatic heterocycles. The number of hydrogen-bond donors (Lipinski definition) is 1. The van der Waals surface area contributed by atoms with Gasteiger partial charge >= 0.3 is 5.97 Å². The van der Waals surface area contributed by atoms with E-state index >= 15 is 0 Å². The lowest BCUT2D eigenvalue weighted by Crippen LogP contribution is -2.20. The van der Waals surface area contributed by atoms with Gasteiger partial charge < -0.3 is 10.1 Å². The first kappa shape index (κ1) is 17.8. The average molecular weight is 363 g/mol. The van der Waals surface area contributed by atoms with E-state index in [2.05, 4.69) is 5.32 Å². The SMILES string of the molecule is N#CCc1ccc(NC(=O)COC(=O)c2ccc(Cl)c(Cl)c2)cc1. The van der Waals surface area contributed by atoms with Crippen LogP contribution in [0.15, 0.2) is 42.5 Å². The molecule has 0 atom stereocenters. The van der Waals surface area contributed by atoms with Gasteiger partial charge in [0.25, 0.3) is 5.91 Å². The molecule has 0 fully saturated rings. The summed E-state index contributed by atoms with van der Waals surface area (Å²) >= 11 is 11.6. The molecule has 0 heterocycles. The van der Waals surface area contributed by atoms with Crippen LogP contribution >= 0.6 is 23.2 Å². The van der Waals surface area contributed by atoms with Crippen molar-refractivity contribution in [2.45, 2.75) is 6.42 Å². The fourth-order valence-corrected chi connectivity index (χ4v) is 2.13. The summed E-state index contributed by atoms with van der Waals surface area (Å²) in [5, 5.41) is 11.7. The van der Waals surface area contributed by atoms with Crippen LogP contribution in [0, 0.1) is 11.3 Å². The molecule has 0 unspecified atom stereocenters. The molecule has 0 saturated heterocycles. The molecule has 5 nitrogen and oxygen atoms in total. The maximum Gasteiger partial charge on any atom is 0.338 e. The predicted octanol–water partition coefficient (Wildman–Crippen LogP) is 3.85. The van der Waals surface area contributed by atoms with Gasteiger partial charge in [-0.2, -0.15) is 5.26 Å². The van der Waals surface area contributed by atoms with Crippen LogP contribution in [0.25, 0.3) is 0 Å². The third-order valence-corrected chi connectivity index (χ3v) is 3.75. The molecular formula is C17H12Cl2N2O3. The van der Waals surface area contributed by atoms with E-state index in [1.807, 2.05) is 6.07 Å². The summed E-state index contributed by atoms with van der Waals surface area (Å²) in [5.41, 5.74) is 1.60. The molecule has 0 saturated carbocycles. The van der Waals surface area contributed by atoms with Gasteiger partial charge in [0.1, 0.15) is 0 Å². The van der Waals surface area contributed by atoms with Crippen LogP contribution in [0.4, 0.5) is 5.69 Å². The molecule has 0 aliphatic carbocycles. The number of nitrogens with one attached hydrogen (secondary N) is 1. The van der Waals surface area contributed by atoms with Gasteiger partial charge in [-0.05, 0) is 35.9 Å². The number of nitrogens with zero attached hydrogens (tertiary/aromatic N) is 1. The molecule has 122 valence electrons. The molecule has 0 bridgehead atoms. The predicted molar refractivity (Wildman–Crippen MR) is 91.1 cm³/mol. The van der Waals surface area contributed by atoms with Crippen molar-refractivity contribution < 1.29 is 14.3 Å². The number of hydrogen-bond acceptors (Lipinski definition) is 4. The van der Waals surface area contributed by atoms with E-state index in [1.165, 1.54) is 18.2 Å². The summed E-state index contributed by atoms with van der Waals surface area (Å²) in [6.45, 7) is -0.432. The van der Waals surface area contributed by atoms with Crippen molar-refractivity contribution in [3.63, 3.8) is 0 Å². The average Bonchev–Trinajstić information content (AvgIpc) is 2.57. The van der Waals surface area contributed by atoms with Gasteiger partial charge in [0.15, 0.2) is 6.61 Å². The topological polar surface area (TPSA) is 79.2 Å². The second kappa shape index (κ2) is 8.34. The standard InChI is InChI=1S/C17H12Cl2N2O3/c18-14-6-3-12(9-15(14)19)17(23)24-10-16(22)21-13-4-1-11(2-5-13)7-8-20/h1-6,9H,7,10H2,(H,21,22). The molecule has 0 radical (unpaired) electrons. The fraction of sp³-hybridized carbons (Fsp3) is 0.118. The highest BCUT2D eigenvalue weighted by atomic mass is 35.5. The molecule has 1 amide bonds. The van der Waals surface area contributed by atoms with E-state index in [4.69, 9.17) is 33.2 Å². The first-order valence-corrected chi connectivity index (χ1v) is 7.63. The molecule has 1 N–H and O–H groups in total. The lowest BCUT2D eigenvalue weighted by Gasteiger charge is -2.07. The number of ether oxygens (including phenoxy) is 1. The van der Waals surface area contributed by atoms with Crippen LogP contribution in [-0.4, -0.2) is 18.5 Å². The lowest BCUT2D eigenvalue weighted by molar-refractivity contribution is -0.119. The van der Waals surface area contributed by atoms with Crippen LogP contribution in [0.1, 0.15) is 15.9 Å². The molecule has 7 heteroatoms. The molecule has 0 spiro atoms. The number of rotatable bonds is 5. The summed E-state index contributed by atoms with van der Waals surface area (Å²) < 4.78 is 4.92. The van der Waals surface area contributed by atoms with E-state index in [0.717, 1.165) is 5.56 Å². The number of halogens is 2. The Morgan fingerprint density at radius 2 is 1.79 bits per heavy atom. The zero-order valence-electron chi connectivity index (χ0n) is 12.4. The van der Waals surface area contributed by atoms with Crippen LogP contribution < -0.4 is 5.32 Å². The number of nitriles is 1. The second-order valence-electron chi connectivity index (χ2n) is 4.79. The van der Waals surface area contributed by atoms with E-state index in [0.29, 0.717) is 17.1 Å². The Balaban J connectivity index is 1.87. The summed E-state index contributed by atoms with van der Waals surface area (Å²) in [6.07, 6.45) is 0.301. The normalized spacial score (nSPS) is 9.88. The molecule has 0 aromatic heterocycles. The maximum absolute atomic E-state index is 11.8. The van der Waals surface area contributed by atoms with Crippen LogP contribution in [-0.2, 0) is 16.0 Å². The minimum absolute atomic E-state index is 0.207. The third kappa shape index (κ3) is 4.98. The molecule has 2 rings (SSSR count). The Morgan fingerprint density at radius 1 is 1.08 bits per heavy atom. The zero-order chi connectivity index (χ0) is 17.5. The summed E-state index contributed by atoms with van der Waals surface area (Å²) in [4.78, 5) is 23.6. The summed E-state index contributed by atoms with van der Waals surface area (Å²) in [7, 11) is 0. The lowest BCUT2D eigenvalue weighted by atomic mass is 10.1. The van der Waals surface area contributed by atoms with E-state index in [9.17, 15) is 9.59 Å². The van der Waals surface area contributed by atoms with E-state index in [-0.39, 0.29) is 10.6 Å². The van der Waals surface area contributed by atoms with Gasteiger partial charge in [-0.15, -0.1) is 0 Å². The number of carbonyl (C=O) groups excluding carboxylic acids is 2. The molecule has 24 heavy (non-hydrogen) atoms. The zero-order valence-corrected chi connectivity index (χ0v) is 13.9. The largest absolute Gasteiger partial charge is 0.452 e. The Hall–Kier alpha value is -2.55. The summed E-state index contributed by atoms with van der Waals surface area (Å²) in [5.74, 6) is -1.15. The van der Waals surface area contributed by atoms with Crippen molar-refractivity contribution in [1.82, 2.24) is 0 Å². The minimum atomic E-state index is -0.673. The number of carbonyl (C=O) groups is 2. The molecule has 2 aromatic rings.